The zero-order valence-electron chi connectivity index (χ0n) is 27.9. The summed E-state index contributed by atoms with van der Waals surface area (Å²) in [5, 5.41) is 13.7. The van der Waals surface area contributed by atoms with Gasteiger partial charge in [-0.3, -0.25) is 9.78 Å². The van der Waals surface area contributed by atoms with Gasteiger partial charge in [-0.1, -0.05) is 58.9 Å². The molecule has 2 aromatic rings. The Morgan fingerprint density at radius 2 is 1.71 bits per heavy atom. The number of aromatic carboxylic acids is 1. The number of fused-ring (bicyclic) bond motifs is 7. The van der Waals surface area contributed by atoms with E-state index in [2.05, 4.69) is 51.0 Å². The molecule has 2 N–H and O–H groups in total. The van der Waals surface area contributed by atoms with Crippen LogP contribution < -0.4 is 5.32 Å². The number of nitrogens with zero attached hydrogens (tertiary/aromatic N) is 1. The molecule has 5 nitrogen and oxygen atoms in total. The van der Waals surface area contributed by atoms with E-state index in [1.54, 1.807) is 18.3 Å². The van der Waals surface area contributed by atoms with Crippen molar-refractivity contribution in [3.05, 3.63) is 71.6 Å². The third-order valence-corrected chi connectivity index (χ3v) is 18.5. The van der Waals surface area contributed by atoms with Crippen LogP contribution in [0.5, 0.6) is 0 Å². The van der Waals surface area contributed by atoms with E-state index in [1.807, 2.05) is 30.3 Å². The zero-order chi connectivity index (χ0) is 31.8. The fraction of sp³-hybridized carbons (Fsp3) is 0.615. The predicted octanol–water partition coefficient (Wildman–Crippen LogP) is 8.24. The van der Waals surface area contributed by atoms with Gasteiger partial charge in [0.25, 0.3) is 0 Å². The summed E-state index contributed by atoms with van der Waals surface area (Å²) < 4.78 is 0.338. The molecule has 5 aliphatic rings. The van der Waals surface area contributed by atoms with Gasteiger partial charge in [0.15, 0.2) is 0 Å². The highest BCUT2D eigenvalue weighted by molar-refractivity contribution is 8.19. The molecule has 1 amide bonds. The molecule has 0 bridgehead atoms. The number of thiol groups is 1. The van der Waals surface area contributed by atoms with Gasteiger partial charge >= 0.3 is 5.97 Å². The van der Waals surface area contributed by atoms with Crippen molar-refractivity contribution in [1.29, 1.82) is 0 Å². The molecule has 0 spiro atoms. The second kappa shape index (κ2) is 10.7. The van der Waals surface area contributed by atoms with Crippen molar-refractivity contribution in [1.82, 2.24) is 10.3 Å². The number of nitrogens with one attached hydrogen (secondary N) is 1. The highest BCUT2D eigenvalue weighted by Crippen LogP contribution is 2.77. The molecule has 4 unspecified atom stereocenters. The molecule has 4 fully saturated rings. The number of carbonyl (C=O) groups excluding carboxylic acids is 1. The van der Waals surface area contributed by atoms with E-state index < -0.39 is 5.97 Å². The quantitative estimate of drug-likeness (QED) is 0.292. The lowest BCUT2D eigenvalue weighted by Gasteiger charge is -2.73. The number of amides is 1. The molecule has 2 aliphatic heterocycles. The zero-order valence-corrected chi connectivity index (χ0v) is 28.8. The number of rotatable bonds is 5. The van der Waals surface area contributed by atoms with Crippen molar-refractivity contribution in [2.75, 3.05) is 5.75 Å². The Hall–Kier alpha value is -2.60. The smallest absolute Gasteiger partial charge is 0.335 e. The Morgan fingerprint density at radius 3 is 2.42 bits per heavy atom. The minimum atomic E-state index is -0.868. The van der Waals surface area contributed by atoms with E-state index in [0.29, 0.717) is 39.2 Å². The van der Waals surface area contributed by atoms with Gasteiger partial charge in [0.05, 0.1) is 17.5 Å². The largest absolute Gasteiger partial charge is 0.478 e. The summed E-state index contributed by atoms with van der Waals surface area (Å²) in [6.07, 6.45) is 15.6. The topological polar surface area (TPSA) is 79.3 Å². The molecule has 45 heavy (non-hydrogen) atoms. The van der Waals surface area contributed by atoms with Crippen LogP contribution in [0.3, 0.4) is 0 Å². The SMILES string of the molecule is CC1(C)C(c2ccc(C(=O)O)cc2)=CC[C@@]2(C)C1CC[C@]1(C)C2CC[SH]2C3CCC[C@]3(NC(=O)Cc3ccccn3)CC[C@]21C. The maximum Gasteiger partial charge on any atom is 0.335 e. The number of hydrogen-bond donors (Lipinski definition) is 3. The summed E-state index contributed by atoms with van der Waals surface area (Å²) in [7, 11) is -0.217. The van der Waals surface area contributed by atoms with Gasteiger partial charge in [0.1, 0.15) is 0 Å². The predicted molar refractivity (Wildman–Crippen MR) is 185 cm³/mol. The van der Waals surface area contributed by atoms with Gasteiger partial charge < -0.3 is 10.4 Å². The number of carboxylic acid groups (broad SMARTS) is 1. The van der Waals surface area contributed by atoms with Gasteiger partial charge in [-0.2, -0.15) is 0 Å². The van der Waals surface area contributed by atoms with Crippen molar-refractivity contribution in [2.45, 2.75) is 114 Å². The number of benzene rings is 1. The van der Waals surface area contributed by atoms with E-state index >= 15 is 0 Å². The molecule has 8 atom stereocenters. The molecular weight excluding hydrogens is 577 g/mol. The van der Waals surface area contributed by atoms with Gasteiger partial charge in [-0.25, -0.2) is 15.7 Å². The minimum Gasteiger partial charge on any atom is -0.478 e. The van der Waals surface area contributed by atoms with Crippen molar-refractivity contribution in [3.63, 3.8) is 0 Å². The first-order valence-corrected chi connectivity index (χ1v) is 19.0. The van der Waals surface area contributed by atoms with Gasteiger partial charge in [0, 0.05) is 21.9 Å². The Bertz CT molecular complexity index is 1520. The lowest BCUT2D eigenvalue weighted by atomic mass is 9.41. The van der Waals surface area contributed by atoms with E-state index in [0.717, 1.165) is 25.0 Å². The number of carboxylic acids is 1. The maximum absolute atomic E-state index is 13.4. The van der Waals surface area contributed by atoms with Crippen molar-refractivity contribution in [2.24, 2.45) is 28.1 Å². The molecular formula is C39H52N2O3S. The number of aromatic nitrogens is 1. The Labute approximate surface area is 272 Å². The summed E-state index contributed by atoms with van der Waals surface area (Å²) >= 11 is 0. The molecule has 242 valence electrons. The summed E-state index contributed by atoms with van der Waals surface area (Å²) in [6, 6.07) is 13.4. The van der Waals surface area contributed by atoms with Crippen LogP contribution in [-0.4, -0.2) is 43.3 Å². The maximum atomic E-state index is 13.4. The molecule has 0 radical (unpaired) electrons. The molecule has 1 aromatic carbocycles. The van der Waals surface area contributed by atoms with Crippen LogP contribution in [0.2, 0.25) is 0 Å². The summed E-state index contributed by atoms with van der Waals surface area (Å²) in [6.45, 7) is 12.9. The molecule has 3 aliphatic carbocycles. The fourth-order valence-electron chi connectivity index (χ4n) is 12.0. The van der Waals surface area contributed by atoms with Crippen molar-refractivity contribution < 1.29 is 14.7 Å². The van der Waals surface area contributed by atoms with Crippen LogP contribution in [0.25, 0.3) is 5.57 Å². The van der Waals surface area contributed by atoms with Crippen LogP contribution in [0.15, 0.2) is 54.7 Å². The first-order chi connectivity index (χ1) is 21.3. The van der Waals surface area contributed by atoms with Crippen molar-refractivity contribution in [3.8, 4) is 0 Å². The van der Waals surface area contributed by atoms with Gasteiger partial charge in [-0.15, -0.1) is 0 Å². The summed E-state index contributed by atoms with van der Waals surface area (Å²) in [4.78, 5) is 29.3. The lowest BCUT2D eigenvalue weighted by Crippen LogP contribution is -2.68. The van der Waals surface area contributed by atoms with E-state index in [1.165, 1.54) is 55.4 Å². The fourth-order valence-corrected chi connectivity index (χ4v) is 16.7. The second-order valence-corrected chi connectivity index (χ2v) is 19.4. The van der Waals surface area contributed by atoms with Gasteiger partial charge in [0.2, 0.25) is 5.91 Å². The number of hydrogen-bond acceptors (Lipinski definition) is 3. The third kappa shape index (κ3) is 4.58. The minimum absolute atomic E-state index is 0.0211. The van der Waals surface area contributed by atoms with E-state index in [9.17, 15) is 14.7 Å². The third-order valence-electron chi connectivity index (χ3n) is 14.2. The average molecular weight is 629 g/mol. The highest BCUT2D eigenvalue weighted by Gasteiger charge is 2.68. The molecule has 3 heterocycles. The number of carbonyl (C=O) groups is 2. The van der Waals surface area contributed by atoms with Crippen LogP contribution in [-0.2, 0) is 11.2 Å². The normalized spacial score (nSPS) is 40.6. The Morgan fingerprint density at radius 1 is 0.933 bits per heavy atom. The molecule has 7 rings (SSSR count). The van der Waals surface area contributed by atoms with Crippen LogP contribution in [0, 0.1) is 28.1 Å². The lowest BCUT2D eigenvalue weighted by molar-refractivity contribution is -0.123. The van der Waals surface area contributed by atoms with Crippen LogP contribution in [0.1, 0.15) is 114 Å². The van der Waals surface area contributed by atoms with E-state index in [4.69, 9.17) is 0 Å². The van der Waals surface area contributed by atoms with Crippen LogP contribution in [0.4, 0.5) is 0 Å². The van der Waals surface area contributed by atoms with Crippen molar-refractivity contribution >= 4 is 28.3 Å². The summed E-state index contributed by atoms with van der Waals surface area (Å²) in [5.41, 5.74) is 4.32. The number of allylic oxidation sites excluding steroid dienone is 2. The standard InChI is InChI=1S/C39H52N2O3S/c1-35(2)29(26-11-13-27(14-12-26)34(43)44)15-19-36(3)30(35)16-20-37(4)31(36)17-24-45-32-10-8-18-39(32,22-21-38(37,45)5)41-33(42)25-28-9-6-7-23-40-28/h6-7,9,11-15,23,30-32,45H,8,10,16-22,24-25H2,1-5H3,(H,41,42)(H,43,44)/t30?,31?,32?,36-,37+,38-,39-/m0/s1. The monoisotopic (exact) mass is 628 g/mol. The molecule has 2 saturated carbocycles. The number of pyridine rings is 1. The first-order valence-electron chi connectivity index (χ1n) is 17.4. The highest BCUT2D eigenvalue weighted by atomic mass is 32.2. The van der Waals surface area contributed by atoms with Gasteiger partial charge in [-0.05, 0) is 127 Å². The summed E-state index contributed by atoms with van der Waals surface area (Å²) in [5.74, 6) is 1.90. The molecule has 2 saturated heterocycles. The first kappa shape index (κ1) is 31.0. The van der Waals surface area contributed by atoms with E-state index in [-0.39, 0.29) is 33.2 Å². The average Bonchev–Trinajstić information content (AvgIpc) is 3.41. The Kier molecular flexibility index (Phi) is 7.39. The van der Waals surface area contributed by atoms with Crippen LogP contribution >= 0.6 is 10.9 Å². The Balaban J connectivity index is 1.15. The second-order valence-electron chi connectivity index (χ2n) is 16.4. The molecule has 1 aromatic heterocycles. The molecule has 6 heteroatoms.